The Hall–Kier alpha value is -0.220. The summed E-state index contributed by atoms with van der Waals surface area (Å²) >= 11 is 0. The quantitative estimate of drug-likeness (QED) is 0.554. The van der Waals surface area contributed by atoms with Gasteiger partial charge in [0, 0.05) is 0 Å². The molecule has 2 N–H and O–H groups in total. The van der Waals surface area contributed by atoms with Gasteiger partial charge in [0.15, 0.2) is 12.5 Å². The fraction of sp³-hybridized carbons (Fsp3) is 1.00. The van der Waals surface area contributed by atoms with Crippen LogP contribution in [0.1, 0.15) is 12.8 Å². The van der Waals surface area contributed by atoms with Crippen molar-refractivity contribution in [2.45, 2.75) is 25.3 Å². The van der Waals surface area contributed by atoms with Gasteiger partial charge in [0.2, 0.25) is 0 Å². The summed E-state index contributed by atoms with van der Waals surface area (Å²) in [4.78, 5) is 0. The molecule has 0 aliphatic carbocycles. The lowest BCUT2D eigenvalue weighted by Crippen LogP contribution is -2.20. The van der Waals surface area contributed by atoms with Crippen LogP contribution in [-0.4, -0.2) is 29.3 Å². The first-order chi connectivity index (χ1) is 4.18. The summed E-state index contributed by atoms with van der Waals surface area (Å²) in [6.45, 7) is -0.618. The summed E-state index contributed by atoms with van der Waals surface area (Å²) < 4.78 is 23.3. The number of hydrogen-bond acceptors (Lipinski definition) is 2. The van der Waals surface area contributed by atoms with Crippen molar-refractivity contribution in [3.05, 3.63) is 0 Å². The van der Waals surface area contributed by atoms with Gasteiger partial charge in [0.05, 0.1) is 6.67 Å². The van der Waals surface area contributed by atoms with Crippen molar-refractivity contribution < 1.29 is 19.0 Å². The molecule has 0 rings (SSSR count). The SMILES string of the molecule is OC(O)C(F)CCCF. The van der Waals surface area contributed by atoms with Crippen LogP contribution in [0.4, 0.5) is 8.78 Å². The molecule has 0 amide bonds. The van der Waals surface area contributed by atoms with Gasteiger partial charge in [-0.25, -0.2) is 4.39 Å². The molecule has 0 heterocycles. The summed E-state index contributed by atoms with van der Waals surface area (Å²) in [5.41, 5.74) is 0. The molecule has 9 heavy (non-hydrogen) atoms. The van der Waals surface area contributed by atoms with E-state index in [1.807, 2.05) is 0 Å². The highest BCUT2D eigenvalue weighted by atomic mass is 19.1. The lowest BCUT2D eigenvalue weighted by molar-refractivity contribution is -0.0958. The molecule has 0 spiro atoms. The number of aliphatic hydroxyl groups is 2. The van der Waals surface area contributed by atoms with Crippen LogP contribution in [0.25, 0.3) is 0 Å². The van der Waals surface area contributed by atoms with E-state index in [1.165, 1.54) is 0 Å². The van der Waals surface area contributed by atoms with Crippen LogP contribution in [0, 0.1) is 0 Å². The predicted octanol–water partition coefficient (Wildman–Crippen LogP) is 0.385. The second-order valence-electron chi connectivity index (χ2n) is 1.76. The molecule has 0 saturated carbocycles. The maximum atomic E-state index is 12.0. The summed E-state index contributed by atoms with van der Waals surface area (Å²) in [6, 6.07) is 0. The number of aliphatic hydroxyl groups excluding tert-OH is 1. The highest BCUT2D eigenvalue weighted by Crippen LogP contribution is 2.04. The smallest absolute Gasteiger partial charge is 0.183 e. The average Bonchev–Trinajstić information content (AvgIpc) is 1.82. The third-order valence-corrected chi connectivity index (χ3v) is 0.937. The molecule has 4 heteroatoms. The Labute approximate surface area is 52.1 Å². The van der Waals surface area contributed by atoms with E-state index >= 15 is 0 Å². The van der Waals surface area contributed by atoms with E-state index in [1.54, 1.807) is 0 Å². The lowest BCUT2D eigenvalue weighted by atomic mass is 10.2. The van der Waals surface area contributed by atoms with Crippen molar-refractivity contribution in [2.75, 3.05) is 6.67 Å². The van der Waals surface area contributed by atoms with Crippen molar-refractivity contribution >= 4 is 0 Å². The lowest BCUT2D eigenvalue weighted by Gasteiger charge is -2.07. The molecule has 1 unspecified atom stereocenters. The van der Waals surface area contributed by atoms with Crippen LogP contribution in [0.3, 0.4) is 0 Å². The van der Waals surface area contributed by atoms with Crippen LogP contribution in [0.2, 0.25) is 0 Å². The standard InChI is InChI=1S/C5H10F2O2/c6-3-1-2-4(7)5(8)9/h4-5,8-9H,1-3H2. The Bertz CT molecular complexity index is 68.0. The Balaban J connectivity index is 3.16. The average molecular weight is 140 g/mol. The third kappa shape index (κ3) is 4.29. The minimum absolute atomic E-state index is 0.0405. The van der Waals surface area contributed by atoms with Crippen molar-refractivity contribution in [2.24, 2.45) is 0 Å². The third-order valence-electron chi connectivity index (χ3n) is 0.937. The monoisotopic (exact) mass is 140 g/mol. The number of hydrogen-bond donors (Lipinski definition) is 2. The first-order valence-corrected chi connectivity index (χ1v) is 2.74. The zero-order valence-electron chi connectivity index (χ0n) is 4.93. The van der Waals surface area contributed by atoms with Gasteiger partial charge < -0.3 is 10.2 Å². The molecule has 1 atom stereocenters. The van der Waals surface area contributed by atoms with Gasteiger partial charge in [0.1, 0.15) is 0 Å². The summed E-state index contributed by atoms with van der Waals surface area (Å²) in [5, 5.41) is 16.2. The van der Waals surface area contributed by atoms with Gasteiger partial charge >= 0.3 is 0 Å². The fourth-order valence-corrected chi connectivity index (χ4v) is 0.421. The van der Waals surface area contributed by atoms with Crippen LogP contribution in [0.5, 0.6) is 0 Å². The van der Waals surface area contributed by atoms with E-state index in [2.05, 4.69) is 0 Å². The number of halogens is 2. The van der Waals surface area contributed by atoms with Crippen molar-refractivity contribution in [3.63, 3.8) is 0 Å². The van der Waals surface area contributed by atoms with Crippen LogP contribution < -0.4 is 0 Å². The van der Waals surface area contributed by atoms with Crippen molar-refractivity contribution in [1.29, 1.82) is 0 Å². The van der Waals surface area contributed by atoms with E-state index in [9.17, 15) is 8.78 Å². The summed E-state index contributed by atoms with van der Waals surface area (Å²) in [6.07, 6.45) is -3.76. The molecule has 0 bridgehead atoms. The fourth-order valence-electron chi connectivity index (χ4n) is 0.421. The van der Waals surface area contributed by atoms with Gasteiger partial charge in [-0.1, -0.05) is 0 Å². The zero-order valence-corrected chi connectivity index (χ0v) is 4.93. The zero-order chi connectivity index (χ0) is 7.28. The van der Waals surface area contributed by atoms with Crippen molar-refractivity contribution in [3.8, 4) is 0 Å². The molecule has 56 valence electrons. The van der Waals surface area contributed by atoms with Crippen LogP contribution in [0.15, 0.2) is 0 Å². The van der Waals surface area contributed by atoms with Gasteiger partial charge in [0.25, 0.3) is 0 Å². The highest BCUT2D eigenvalue weighted by molar-refractivity contribution is 4.56. The maximum Gasteiger partial charge on any atom is 0.183 e. The first-order valence-electron chi connectivity index (χ1n) is 2.74. The highest BCUT2D eigenvalue weighted by Gasteiger charge is 2.13. The van der Waals surface area contributed by atoms with E-state index in [-0.39, 0.29) is 12.8 Å². The summed E-state index contributed by atoms with van der Waals surface area (Å²) in [5.74, 6) is 0. The molecular weight excluding hydrogens is 130 g/mol. The Morgan fingerprint density at radius 3 is 2.22 bits per heavy atom. The molecule has 0 fully saturated rings. The molecule has 0 aromatic rings. The van der Waals surface area contributed by atoms with Gasteiger partial charge in [-0.05, 0) is 12.8 Å². The molecule has 2 nitrogen and oxygen atoms in total. The van der Waals surface area contributed by atoms with E-state index in [0.717, 1.165) is 0 Å². The number of rotatable bonds is 4. The van der Waals surface area contributed by atoms with Gasteiger partial charge in [-0.3, -0.25) is 4.39 Å². The second kappa shape index (κ2) is 4.64. The number of alkyl halides is 2. The molecule has 0 aromatic heterocycles. The van der Waals surface area contributed by atoms with E-state index < -0.39 is 19.1 Å². The molecule has 0 aromatic carbocycles. The van der Waals surface area contributed by atoms with Gasteiger partial charge in [-0.15, -0.1) is 0 Å². The van der Waals surface area contributed by atoms with Crippen LogP contribution >= 0.6 is 0 Å². The van der Waals surface area contributed by atoms with Crippen molar-refractivity contribution in [1.82, 2.24) is 0 Å². The molecular formula is C5H10F2O2. The minimum atomic E-state index is -1.96. The largest absolute Gasteiger partial charge is 0.366 e. The minimum Gasteiger partial charge on any atom is -0.366 e. The Morgan fingerprint density at radius 2 is 1.89 bits per heavy atom. The molecule has 0 saturated heterocycles. The predicted molar refractivity (Wildman–Crippen MR) is 28.3 cm³/mol. The van der Waals surface area contributed by atoms with Gasteiger partial charge in [-0.2, -0.15) is 0 Å². The van der Waals surface area contributed by atoms with E-state index in [4.69, 9.17) is 10.2 Å². The maximum absolute atomic E-state index is 12.0. The summed E-state index contributed by atoms with van der Waals surface area (Å²) in [7, 11) is 0. The molecule has 0 aliphatic rings. The normalized spacial score (nSPS) is 14.3. The van der Waals surface area contributed by atoms with E-state index in [0.29, 0.717) is 0 Å². The molecule has 0 radical (unpaired) electrons. The topological polar surface area (TPSA) is 40.5 Å². The second-order valence-corrected chi connectivity index (χ2v) is 1.76. The Kier molecular flexibility index (Phi) is 4.53. The van der Waals surface area contributed by atoms with Crippen LogP contribution in [-0.2, 0) is 0 Å². The Morgan fingerprint density at radius 1 is 1.33 bits per heavy atom. The molecule has 0 aliphatic heterocycles. The first kappa shape index (κ1) is 8.78.